The van der Waals surface area contributed by atoms with Crippen LogP contribution in [-0.4, -0.2) is 9.79 Å². The molecule has 2 N–H and O–H groups in total. The molecule has 0 aromatic heterocycles. The van der Waals surface area contributed by atoms with Gasteiger partial charge in [-0.3, -0.25) is 9.79 Å². The molecule has 0 unspecified atom stereocenters. The Labute approximate surface area is 89.1 Å². The summed E-state index contributed by atoms with van der Waals surface area (Å²) in [5.74, 6) is 0.541. The summed E-state index contributed by atoms with van der Waals surface area (Å²) < 4.78 is 15.3. The van der Waals surface area contributed by atoms with Crippen LogP contribution in [0.25, 0.3) is 0 Å². The molecular weight excluding hydrogens is 215 g/mol. The third-order valence-electron chi connectivity index (χ3n) is 2.10. The van der Waals surface area contributed by atoms with E-state index in [1.54, 1.807) is 19.1 Å². The Balaban J connectivity index is 3.06. The second kappa shape index (κ2) is 4.35. The van der Waals surface area contributed by atoms with E-state index in [1.807, 2.05) is 19.9 Å². The fraction of sp³-hybridized carbons (Fsp3) is 0.400. The van der Waals surface area contributed by atoms with Crippen molar-refractivity contribution < 1.29 is 18.9 Å². The van der Waals surface area contributed by atoms with Gasteiger partial charge in [-0.1, -0.05) is 26.0 Å². The first-order chi connectivity index (χ1) is 6.79. The highest BCUT2D eigenvalue weighted by Crippen LogP contribution is 2.39. The van der Waals surface area contributed by atoms with Gasteiger partial charge in [0.25, 0.3) is 0 Å². The fourth-order valence-corrected chi connectivity index (χ4v) is 1.66. The van der Waals surface area contributed by atoms with Crippen molar-refractivity contribution in [1.29, 1.82) is 0 Å². The van der Waals surface area contributed by atoms with E-state index >= 15 is 0 Å². The van der Waals surface area contributed by atoms with Crippen LogP contribution >= 0.6 is 7.82 Å². The fourth-order valence-electron chi connectivity index (χ4n) is 1.20. The third kappa shape index (κ3) is 3.67. The molecule has 0 atom stereocenters. The lowest BCUT2D eigenvalue weighted by Gasteiger charge is -2.12. The molecule has 84 valence electrons. The van der Waals surface area contributed by atoms with Crippen molar-refractivity contribution in [2.24, 2.45) is 0 Å². The van der Waals surface area contributed by atoms with E-state index in [-0.39, 0.29) is 5.75 Å². The average molecular weight is 230 g/mol. The first kappa shape index (κ1) is 12.2. The number of hydrogen-bond donors (Lipinski definition) is 2. The molecule has 5 heteroatoms. The van der Waals surface area contributed by atoms with Gasteiger partial charge in [0.1, 0.15) is 5.75 Å². The Morgan fingerprint density at radius 3 is 2.40 bits per heavy atom. The summed E-state index contributed by atoms with van der Waals surface area (Å²) in [6.07, 6.45) is 0. The topological polar surface area (TPSA) is 66.8 Å². The largest absolute Gasteiger partial charge is 0.524 e. The van der Waals surface area contributed by atoms with E-state index in [9.17, 15) is 4.57 Å². The molecule has 15 heavy (non-hydrogen) atoms. The molecular formula is C10H15O4P. The van der Waals surface area contributed by atoms with Gasteiger partial charge >= 0.3 is 7.82 Å². The van der Waals surface area contributed by atoms with Crippen molar-refractivity contribution >= 4 is 7.82 Å². The van der Waals surface area contributed by atoms with Crippen LogP contribution in [0, 0.1) is 6.92 Å². The zero-order chi connectivity index (χ0) is 11.6. The van der Waals surface area contributed by atoms with E-state index < -0.39 is 7.82 Å². The summed E-state index contributed by atoms with van der Waals surface area (Å²) in [7, 11) is -4.46. The van der Waals surface area contributed by atoms with Crippen molar-refractivity contribution in [3.8, 4) is 5.75 Å². The van der Waals surface area contributed by atoms with Gasteiger partial charge in [-0.15, -0.1) is 0 Å². The highest BCUT2D eigenvalue weighted by molar-refractivity contribution is 7.46. The molecule has 0 saturated carbocycles. The van der Waals surface area contributed by atoms with Gasteiger partial charge in [0, 0.05) is 0 Å². The molecule has 1 aromatic carbocycles. The van der Waals surface area contributed by atoms with Crippen molar-refractivity contribution in [3.63, 3.8) is 0 Å². The minimum atomic E-state index is -4.46. The summed E-state index contributed by atoms with van der Waals surface area (Å²) in [5.41, 5.74) is 1.70. The van der Waals surface area contributed by atoms with Gasteiger partial charge in [0.15, 0.2) is 0 Å². The summed E-state index contributed by atoms with van der Waals surface area (Å²) in [6.45, 7) is 5.76. The zero-order valence-corrected chi connectivity index (χ0v) is 9.86. The number of hydrogen-bond acceptors (Lipinski definition) is 2. The molecule has 0 bridgehead atoms. The molecule has 0 heterocycles. The molecule has 0 spiro atoms. The minimum Gasteiger partial charge on any atom is -0.404 e. The van der Waals surface area contributed by atoms with Crippen LogP contribution < -0.4 is 4.52 Å². The Hall–Kier alpha value is -0.830. The van der Waals surface area contributed by atoms with Crippen LogP contribution in [0.2, 0.25) is 0 Å². The molecule has 4 nitrogen and oxygen atoms in total. The summed E-state index contributed by atoms with van der Waals surface area (Å²) in [5, 5.41) is 0. The maximum atomic E-state index is 10.7. The molecule has 0 aliphatic carbocycles. The second-order valence-electron chi connectivity index (χ2n) is 3.76. The maximum Gasteiger partial charge on any atom is 0.524 e. The highest BCUT2D eigenvalue weighted by Gasteiger charge is 2.17. The van der Waals surface area contributed by atoms with E-state index in [0.717, 1.165) is 5.56 Å². The molecule has 1 rings (SSSR count). The van der Waals surface area contributed by atoms with Crippen LogP contribution in [0.5, 0.6) is 5.75 Å². The number of phosphoric acid groups is 1. The summed E-state index contributed by atoms with van der Waals surface area (Å²) in [4.78, 5) is 17.4. The van der Waals surface area contributed by atoms with E-state index in [2.05, 4.69) is 4.52 Å². The van der Waals surface area contributed by atoms with Crippen molar-refractivity contribution in [2.45, 2.75) is 26.7 Å². The smallest absolute Gasteiger partial charge is 0.404 e. The maximum absolute atomic E-state index is 10.7. The predicted octanol–water partition coefficient (Wildman–Crippen LogP) is 2.59. The standard InChI is InChI=1S/C10H15O4P/c1-7(2)9-5-4-8(3)10(6-9)14-15(11,12)13/h4-7H,1-3H3,(H2,11,12,13). The highest BCUT2D eigenvalue weighted by atomic mass is 31.2. The van der Waals surface area contributed by atoms with Crippen LogP contribution in [0.15, 0.2) is 18.2 Å². The van der Waals surface area contributed by atoms with Crippen molar-refractivity contribution in [1.82, 2.24) is 0 Å². The van der Waals surface area contributed by atoms with Crippen LogP contribution in [0.4, 0.5) is 0 Å². The van der Waals surface area contributed by atoms with Crippen molar-refractivity contribution in [3.05, 3.63) is 29.3 Å². The van der Waals surface area contributed by atoms with Crippen molar-refractivity contribution in [2.75, 3.05) is 0 Å². The molecule has 0 amide bonds. The van der Waals surface area contributed by atoms with Crippen LogP contribution in [0.1, 0.15) is 30.9 Å². The van der Waals surface area contributed by atoms with Gasteiger partial charge < -0.3 is 4.52 Å². The molecule has 0 radical (unpaired) electrons. The third-order valence-corrected chi connectivity index (χ3v) is 2.53. The zero-order valence-electron chi connectivity index (χ0n) is 8.97. The number of rotatable bonds is 3. The SMILES string of the molecule is Cc1ccc(C(C)C)cc1OP(=O)(O)O. The lowest BCUT2D eigenvalue weighted by Crippen LogP contribution is -1.95. The Morgan fingerprint density at radius 1 is 1.33 bits per heavy atom. The molecule has 0 aliphatic rings. The molecule has 0 saturated heterocycles. The second-order valence-corrected chi connectivity index (χ2v) is 4.93. The molecule has 0 fully saturated rings. The number of benzene rings is 1. The molecule has 1 aromatic rings. The van der Waals surface area contributed by atoms with E-state index in [4.69, 9.17) is 9.79 Å². The molecule has 0 aliphatic heterocycles. The van der Waals surface area contributed by atoms with Gasteiger partial charge in [0.2, 0.25) is 0 Å². The lowest BCUT2D eigenvalue weighted by molar-refractivity contribution is 0.282. The minimum absolute atomic E-state index is 0.245. The van der Waals surface area contributed by atoms with Gasteiger partial charge in [0.05, 0.1) is 0 Å². The van der Waals surface area contributed by atoms with Gasteiger partial charge in [-0.25, -0.2) is 4.57 Å². The van der Waals surface area contributed by atoms with Gasteiger partial charge in [-0.05, 0) is 30.0 Å². The van der Waals surface area contributed by atoms with Crippen LogP contribution in [-0.2, 0) is 4.57 Å². The first-order valence-corrected chi connectivity index (χ1v) is 6.18. The first-order valence-electron chi connectivity index (χ1n) is 4.65. The van der Waals surface area contributed by atoms with E-state index in [1.165, 1.54) is 0 Å². The monoisotopic (exact) mass is 230 g/mol. The quantitative estimate of drug-likeness (QED) is 0.783. The Kier molecular flexibility index (Phi) is 3.55. The van der Waals surface area contributed by atoms with Gasteiger partial charge in [-0.2, -0.15) is 0 Å². The Morgan fingerprint density at radius 2 is 1.93 bits per heavy atom. The number of aryl methyl sites for hydroxylation is 1. The number of phosphoric ester groups is 1. The van der Waals surface area contributed by atoms with E-state index in [0.29, 0.717) is 11.5 Å². The average Bonchev–Trinajstić information content (AvgIpc) is 2.06. The summed E-state index contributed by atoms with van der Waals surface area (Å²) >= 11 is 0. The predicted molar refractivity (Wildman–Crippen MR) is 57.9 cm³/mol. The van der Waals surface area contributed by atoms with Crippen LogP contribution in [0.3, 0.4) is 0 Å². The normalized spacial score (nSPS) is 11.9. The lowest BCUT2D eigenvalue weighted by atomic mass is 10.0. The summed E-state index contributed by atoms with van der Waals surface area (Å²) in [6, 6.07) is 5.38. The Bertz CT molecular complexity index is 394.